The quantitative estimate of drug-likeness (QED) is 0.498. The van der Waals surface area contributed by atoms with E-state index >= 15 is 0 Å². The zero-order valence-corrected chi connectivity index (χ0v) is 7.50. The molecule has 0 aliphatic heterocycles. The summed E-state index contributed by atoms with van der Waals surface area (Å²) in [6.45, 7) is 3.28. The minimum atomic E-state index is -1.38. The molecule has 0 saturated heterocycles. The van der Waals surface area contributed by atoms with Crippen LogP contribution in [0.25, 0.3) is 0 Å². The van der Waals surface area contributed by atoms with Crippen molar-refractivity contribution in [2.75, 3.05) is 0 Å². The maximum atomic E-state index is 10.7. The fraction of sp³-hybridized carbons (Fsp3) is 0.833. The van der Waals surface area contributed by atoms with Crippen LogP contribution in [0.15, 0.2) is 0 Å². The van der Waals surface area contributed by atoms with Crippen LogP contribution in [0.3, 0.4) is 0 Å². The predicted molar refractivity (Wildman–Crippen MR) is 41.1 cm³/mol. The number of carbonyl (C=O) groups is 1. The summed E-state index contributed by atoms with van der Waals surface area (Å²) in [5, 5.41) is 0. The van der Waals surface area contributed by atoms with E-state index in [0.29, 0.717) is 6.42 Å². The normalized spacial score (nSPS) is 11.2. The molecule has 0 radical (unpaired) electrons. The second-order valence-corrected chi connectivity index (χ2v) is 3.67. The van der Waals surface area contributed by atoms with Gasteiger partial charge in [-0.1, -0.05) is 30.1 Å². The van der Waals surface area contributed by atoms with E-state index in [1.54, 1.807) is 0 Å². The molecule has 0 aromatic rings. The predicted octanol–water partition coefficient (Wildman–Crippen LogP) is 2.48. The minimum Gasteiger partial charge on any atom is -0.429 e. The third-order valence-corrected chi connectivity index (χ3v) is 0.901. The maximum Gasteiger partial charge on any atom is 0.308 e. The summed E-state index contributed by atoms with van der Waals surface area (Å²) >= 11 is 10.8. The molecule has 0 fully saturated rings. The molecule has 2 nitrogen and oxygen atoms in total. The largest absolute Gasteiger partial charge is 0.429 e. The zero-order chi connectivity index (χ0) is 8.20. The summed E-state index contributed by atoms with van der Waals surface area (Å²) in [4.78, 5) is 10.7. The van der Waals surface area contributed by atoms with Crippen LogP contribution in [-0.4, -0.2) is 10.5 Å². The van der Waals surface area contributed by atoms with Crippen molar-refractivity contribution in [2.45, 2.75) is 31.2 Å². The second-order valence-electron chi connectivity index (χ2n) is 2.03. The third-order valence-electron chi connectivity index (χ3n) is 0.747. The van der Waals surface area contributed by atoms with Crippen molar-refractivity contribution >= 4 is 29.2 Å². The SMILES string of the molecule is CCCC(=O)OC(C)(Cl)Cl. The first-order valence-corrected chi connectivity index (χ1v) is 3.81. The van der Waals surface area contributed by atoms with E-state index in [0.717, 1.165) is 6.42 Å². The van der Waals surface area contributed by atoms with Crippen LogP contribution in [0, 0.1) is 0 Å². The second kappa shape index (κ2) is 4.04. The van der Waals surface area contributed by atoms with Crippen molar-refractivity contribution < 1.29 is 9.53 Å². The van der Waals surface area contributed by atoms with Gasteiger partial charge in [0, 0.05) is 13.3 Å². The lowest BCUT2D eigenvalue weighted by atomic mass is 10.3. The van der Waals surface area contributed by atoms with Gasteiger partial charge < -0.3 is 4.74 Å². The van der Waals surface area contributed by atoms with Crippen LogP contribution >= 0.6 is 23.2 Å². The van der Waals surface area contributed by atoms with Crippen molar-refractivity contribution in [3.63, 3.8) is 0 Å². The maximum absolute atomic E-state index is 10.7. The molecule has 0 heterocycles. The van der Waals surface area contributed by atoms with Gasteiger partial charge >= 0.3 is 5.97 Å². The molecule has 0 aliphatic carbocycles. The number of halogens is 2. The van der Waals surface area contributed by atoms with Crippen LogP contribution in [0.2, 0.25) is 0 Å². The van der Waals surface area contributed by atoms with Crippen molar-refractivity contribution in [3.8, 4) is 0 Å². The van der Waals surface area contributed by atoms with Crippen LogP contribution in [0.1, 0.15) is 26.7 Å². The van der Waals surface area contributed by atoms with Gasteiger partial charge in [-0.15, -0.1) is 0 Å². The van der Waals surface area contributed by atoms with Gasteiger partial charge in [-0.05, 0) is 6.42 Å². The van der Waals surface area contributed by atoms with Gasteiger partial charge in [0.05, 0.1) is 0 Å². The fourth-order valence-corrected chi connectivity index (χ4v) is 0.627. The molecule has 0 unspecified atom stereocenters. The Balaban J connectivity index is 3.58. The molecule has 0 amide bonds. The standard InChI is InChI=1S/C6H10Cl2O2/c1-3-4-5(9)10-6(2,7)8/h3-4H2,1-2H3. The van der Waals surface area contributed by atoms with Crippen LogP contribution in [-0.2, 0) is 9.53 Å². The Morgan fingerprint density at radius 3 is 2.40 bits per heavy atom. The molecule has 0 bridgehead atoms. The zero-order valence-electron chi connectivity index (χ0n) is 5.99. The van der Waals surface area contributed by atoms with Gasteiger partial charge in [0.2, 0.25) is 0 Å². The molecule has 60 valence electrons. The highest BCUT2D eigenvalue weighted by molar-refractivity contribution is 6.47. The van der Waals surface area contributed by atoms with E-state index in [9.17, 15) is 4.79 Å². The monoisotopic (exact) mass is 184 g/mol. The number of esters is 1. The lowest BCUT2D eigenvalue weighted by Gasteiger charge is -2.13. The Kier molecular flexibility index (Phi) is 4.06. The molecule has 0 aromatic carbocycles. The Labute approximate surface area is 70.4 Å². The van der Waals surface area contributed by atoms with Crippen molar-refractivity contribution in [1.82, 2.24) is 0 Å². The molecule has 0 atom stereocenters. The Bertz CT molecular complexity index is 117. The van der Waals surface area contributed by atoms with E-state index in [2.05, 4.69) is 4.74 Å². The number of alkyl halides is 2. The molecule has 0 N–H and O–H groups in total. The molecule has 0 aliphatic rings. The number of rotatable bonds is 3. The number of hydrogen-bond donors (Lipinski definition) is 0. The van der Waals surface area contributed by atoms with Crippen LogP contribution in [0.5, 0.6) is 0 Å². The van der Waals surface area contributed by atoms with Gasteiger partial charge in [0.1, 0.15) is 0 Å². The molecule has 10 heavy (non-hydrogen) atoms. The first kappa shape index (κ1) is 10.0. The minimum absolute atomic E-state index is 0.356. The number of carbonyl (C=O) groups excluding carboxylic acids is 1. The van der Waals surface area contributed by atoms with Gasteiger partial charge in [-0.2, -0.15) is 0 Å². The van der Waals surface area contributed by atoms with Gasteiger partial charge in [-0.25, -0.2) is 0 Å². The van der Waals surface area contributed by atoms with E-state index in [1.165, 1.54) is 6.92 Å². The van der Waals surface area contributed by atoms with E-state index in [4.69, 9.17) is 23.2 Å². The Morgan fingerprint density at radius 2 is 2.10 bits per heavy atom. The summed E-state index contributed by atoms with van der Waals surface area (Å²) in [7, 11) is 0. The van der Waals surface area contributed by atoms with Gasteiger partial charge in [-0.3, -0.25) is 4.79 Å². The summed E-state index contributed by atoms with van der Waals surface area (Å²) in [6.07, 6.45) is 1.09. The highest BCUT2D eigenvalue weighted by Crippen LogP contribution is 2.21. The summed E-state index contributed by atoms with van der Waals surface area (Å²) in [6, 6.07) is 0. The van der Waals surface area contributed by atoms with Crippen molar-refractivity contribution in [3.05, 3.63) is 0 Å². The van der Waals surface area contributed by atoms with Gasteiger partial charge in [0.15, 0.2) is 0 Å². The third kappa shape index (κ3) is 6.17. The smallest absolute Gasteiger partial charge is 0.308 e. The summed E-state index contributed by atoms with van der Waals surface area (Å²) < 4.78 is 3.19. The van der Waals surface area contributed by atoms with E-state index in [-0.39, 0.29) is 5.97 Å². The van der Waals surface area contributed by atoms with Gasteiger partial charge in [0.25, 0.3) is 4.52 Å². The average Bonchev–Trinajstić information content (AvgIpc) is 1.59. The Hall–Kier alpha value is 0.0500. The lowest BCUT2D eigenvalue weighted by Crippen LogP contribution is -2.17. The molecule has 0 saturated carbocycles. The molecule has 0 aromatic heterocycles. The Morgan fingerprint density at radius 1 is 1.60 bits per heavy atom. The highest BCUT2D eigenvalue weighted by atomic mass is 35.5. The van der Waals surface area contributed by atoms with E-state index < -0.39 is 4.52 Å². The lowest BCUT2D eigenvalue weighted by molar-refractivity contribution is -0.146. The van der Waals surface area contributed by atoms with Crippen molar-refractivity contribution in [2.24, 2.45) is 0 Å². The topological polar surface area (TPSA) is 26.3 Å². The molecular weight excluding hydrogens is 175 g/mol. The molecular formula is C6H10Cl2O2. The summed E-state index contributed by atoms with van der Waals surface area (Å²) in [5.41, 5.74) is 0. The summed E-state index contributed by atoms with van der Waals surface area (Å²) in [5.74, 6) is -0.366. The number of ether oxygens (including phenoxy) is 1. The molecule has 4 heteroatoms. The van der Waals surface area contributed by atoms with Crippen LogP contribution in [0.4, 0.5) is 0 Å². The molecule has 0 spiro atoms. The van der Waals surface area contributed by atoms with E-state index in [1.807, 2.05) is 6.92 Å². The van der Waals surface area contributed by atoms with Crippen LogP contribution < -0.4 is 0 Å². The molecule has 0 rings (SSSR count). The first-order chi connectivity index (χ1) is 4.45. The van der Waals surface area contributed by atoms with Crippen molar-refractivity contribution in [1.29, 1.82) is 0 Å². The number of hydrogen-bond acceptors (Lipinski definition) is 2. The first-order valence-electron chi connectivity index (χ1n) is 3.05. The fourth-order valence-electron chi connectivity index (χ4n) is 0.455. The average molecular weight is 185 g/mol. The highest BCUT2D eigenvalue weighted by Gasteiger charge is 2.20.